The van der Waals surface area contributed by atoms with Gasteiger partial charge in [-0.1, -0.05) is 6.07 Å². The highest BCUT2D eigenvalue weighted by Gasteiger charge is 2.16. The van der Waals surface area contributed by atoms with Gasteiger partial charge in [0, 0.05) is 13.0 Å². The number of hydrogen-bond donors (Lipinski definition) is 1. The number of nitrogens with zero attached hydrogens (tertiary/aromatic N) is 3. The quantitative estimate of drug-likeness (QED) is 0.926. The van der Waals surface area contributed by atoms with Crippen LogP contribution in [0.3, 0.4) is 0 Å². The standard InChI is InChI=1S/C14H16FN3O2/c15-11-7-10(8-19)4-5-12(11)20-9-14-17-16-13-3-1-2-6-18(13)14/h4-5,7,19H,1-3,6,8-9H2. The average Bonchev–Trinajstić information content (AvgIpc) is 2.89. The van der Waals surface area contributed by atoms with Crippen molar-refractivity contribution in [3.63, 3.8) is 0 Å². The van der Waals surface area contributed by atoms with Crippen LogP contribution in [-0.4, -0.2) is 19.9 Å². The molecule has 0 unspecified atom stereocenters. The van der Waals surface area contributed by atoms with Crippen molar-refractivity contribution in [2.75, 3.05) is 0 Å². The van der Waals surface area contributed by atoms with Gasteiger partial charge in [-0.15, -0.1) is 10.2 Å². The second kappa shape index (κ2) is 5.58. The smallest absolute Gasteiger partial charge is 0.171 e. The van der Waals surface area contributed by atoms with Gasteiger partial charge in [0.25, 0.3) is 0 Å². The van der Waals surface area contributed by atoms with Crippen molar-refractivity contribution in [3.8, 4) is 5.75 Å². The highest BCUT2D eigenvalue weighted by atomic mass is 19.1. The van der Waals surface area contributed by atoms with E-state index in [0.717, 1.165) is 37.5 Å². The number of aromatic nitrogens is 3. The van der Waals surface area contributed by atoms with Gasteiger partial charge in [0.05, 0.1) is 6.61 Å². The van der Waals surface area contributed by atoms with E-state index in [2.05, 4.69) is 10.2 Å². The fourth-order valence-corrected chi connectivity index (χ4v) is 2.38. The van der Waals surface area contributed by atoms with E-state index >= 15 is 0 Å². The normalized spacial score (nSPS) is 14.1. The summed E-state index contributed by atoms with van der Waals surface area (Å²) in [5, 5.41) is 17.2. The maximum absolute atomic E-state index is 13.7. The van der Waals surface area contributed by atoms with Crippen LogP contribution >= 0.6 is 0 Å². The van der Waals surface area contributed by atoms with Gasteiger partial charge in [0.1, 0.15) is 12.4 Å². The lowest BCUT2D eigenvalue weighted by Gasteiger charge is -2.15. The molecule has 1 aromatic heterocycles. The Bertz CT molecular complexity index is 612. The van der Waals surface area contributed by atoms with Crippen LogP contribution in [0.25, 0.3) is 0 Å². The third-order valence-corrected chi connectivity index (χ3v) is 3.47. The molecule has 1 aliphatic rings. The van der Waals surface area contributed by atoms with Gasteiger partial charge in [-0.3, -0.25) is 0 Å². The molecular weight excluding hydrogens is 261 g/mol. The van der Waals surface area contributed by atoms with Crippen molar-refractivity contribution < 1.29 is 14.2 Å². The Kier molecular flexibility index (Phi) is 3.64. The average molecular weight is 277 g/mol. The van der Waals surface area contributed by atoms with Crippen molar-refractivity contribution in [1.29, 1.82) is 0 Å². The molecule has 0 aliphatic carbocycles. The Labute approximate surface area is 116 Å². The first kappa shape index (κ1) is 13.1. The molecule has 1 N–H and O–H groups in total. The molecule has 6 heteroatoms. The van der Waals surface area contributed by atoms with E-state index < -0.39 is 5.82 Å². The van der Waals surface area contributed by atoms with Crippen LogP contribution in [0.5, 0.6) is 5.75 Å². The van der Waals surface area contributed by atoms with E-state index in [4.69, 9.17) is 9.84 Å². The first-order valence-electron chi connectivity index (χ1n) is 6.71. The summed E-state index contributed by atoms with van der Waals surface area (Å²) in [5.74, 6) is 1.39. The van der Waals surface area contributed by atoms with Crippen LogP contribution in [0.1, 0.15) is 30.1 Å². The van der Waals surface area contributed by atoms with Crippen LogP contribution in [0, 0.1) is 5.82 Å². The van der Waals surface area contributed by atoms with E-state index in [1.807, 2.05) is 4.57 Å². The molecule has 1 aromatic carbocycles. The van der Waals surface area contributed by atoms with Gasteiger partial charge < -0.3 is 14.4 Å². The molecule has 0 fully saturated rings. The Morgan fingerprint density at radius 3 is 3.00 bits per heavy atom. The van der Waals surface area contributed by atoms with Gasteiger partial charge in [-0.25, -0.2) is 4.39 Å². The van der Waals surface area contributed by atoms with Crippen molar-refractivity contribution in [1.82, 2.24) is 14.8 Å². The zero-order valence-corrected chi connectivity index (χ0v) is 11.0. The van der Waals surface area contributed by atoms with Gasteiger partial charge in [0.15, 0.2) is 17.4 Å². The Morgan fingerprint density at radius 1 is 1.30 bits per heavy atom. The molecule has 0 amide bonds. The van der Waals surface area contributed by atoms with Crippen molar-refractivity contribution in [3.05, 3.63) is 41.2 Å². The number of benzene rings is 1. The SMILES string of the molecule is OCc1ccc(OCc2nnc3n2CCCC3)c(F)c1. The molecule has 0 radical (unpaired) electrons. The van der Waals surface area contributed by atoms with E-state index in [0.29, 0.717) is 5.56 Å². The molecule has 0 saturated carbocycles. The molecule has 1 aliphatic heterocycles. The van der Waals surface area contributed by atoms with Gasteiger partial charge in [0.2, 0.25) is 0 Å². The maximum atomic E-state index is 13.7. The molecule has 0 saturated heterocycles. The fraction of sp³-hybridized carbons (Fsp3) is 0.429. The molecule has 0 spiro atoms. The molecule has 2 aromatic rings. The topological polar surface area (TPSA) is 60.2 Å². The second-order valence-electron chi connectivity index (χ2n) is 4.85. The number of hydrogen-bond acceptors (Lipinski definition) is 4. The molecule has 2 heterocycles. The number of aliphatic hydroxyl groups excluding tert-OH is 1. The lowest BCUT2D eigenvalue weighted by molar-refractivity contribution is 0.268. The zero-order valence-electron chi connectivity index (χ0n) is 11.0. The lowest BCUT2D eigenvalue weighted by Crippen LogP contribution is -2.14. The second-order valence-corrected chi connectivity index (χ2v) is 4.85. The Morgan fingerprint density at radius 2 is 2.20 bits per heavy atom. The summed E-state index contributed by atoms with van der Waals surface area (Å²) in [6, 6.07) is 4.43. The van der Waals surface area contributed by atoms with Crippen molar-refractivity contribution in [2.24, 2.45) is 0 Å². The molecule has 5 nitrogen and oxygen atoms in total. The number of aryl methyl sites for hydroxylation is 1. The Hall–Kier alpha value is -1.95. The molecular formula is C14H16FN3O2. The maximum Gasteiger partial charge on any atom is 0.171 e. The van der Waals surface area contributed by atoms with Crippen LogP contribution in [0.15, 0.2) is 18.2 Å². The summed E-state index contributed by atoms with van der Waals surface area (Å²) < 4.78 is 21.2. The largest absolute Gasteiger partial charge is 0.483 e. The minimum Gasteiger partial charge on any atom is -0.483 e. The first-order chi connectivity index (χ1) is 9.78. The summed E-state index contributed by atoms with van der Waals surface area (Å²) in [4.78, 5) is 0. The fourth-order valence-electron chi connectivity index (χ4n) is 2.38. The van der Waals surface area contributed by atoms with Gasteiger partial charge >= 0.3 is 0 Å². The number of halogens is 1. The number of fused-ring (bicyclic) bond motifs is 1. The minimum atomic E-state index is -0.477. The lowest BCUT2D eigenvalue weighted by atomic mass is 10.2. The summed E-state index contributed by atoms with van der Waals surface area (Å²) in [6.45, 7) is 0.907. The number of rotatable bonds is 4. The van der Waals surface area contributed by atoms with Crippen LogP contribution in [-0.2, 0) is 26.2 Å². The molecule has 106 valence electrons. The zero-order chi connectivity index (χ0) is 13.9. The van der Waals surface area contributed by atoms with Crippen molar-refractivity contribution >= 4 is 0 Å². The highest BCUT2D eigenvalue weighted by Crippen LogP contribution is 2.20. The van der Waals surface area contributed by atoms with Crippen LogP contribution in [0.2, 0.25) is 0 Å². The summed E-state index contributed by atoms with van der Waals surface area (Å²) in [7, 11) is 0. The summed E-state index contributed by atoms with van der Waals surface area (Å²) in [5.41, 5.74) is 0.523. The van der Waals surface area contributed by atoms with Crippen molar-refractivity contribution in [2.45, 2.75) is 39.0 Å². The first-order valence-corrected chi connectivity index (χ1v) is 6.71. The molecule has 0 bridgehead atoms. The highest BCUT2D eigenvalue weighted by molar-refractivity contribution is 5.29. The minimum absolute atomic E-state index is 0.162. The third-order valence-electron chi connectivity index (χ3n) is 3.47. The van der Waals surface area contributed by atoms with Gasteiger partial charge in [-0.05, 0) is 30.5 Å². The van der Waals surface area contributed by atoms with Gasteiger partial charge in [-0.2, -0.15) is 0 Å². The third kappa shape index (κ3) is 2.51. The van der Waals surface area contributed by atoms with Crippen LogP contribution in [0.4, 0.5) is 4.39 Å². The molecule has 3 rings (SSSR count). The van der Waals surface area contributed by atoms with E-state index in [1.165, 1.54) is 12.1 Å². The monoisotopic (exact) mass is 277 g/mol. The van der Waals surface area contributed by atoms with Crippen LogP contribution < -0.4 is 4.74 Å². The molecule has 20 heavy (non-hydrogen) atoms. The summed E-state index contributed by atoms with van der Waals surface area (Å²) in [6.07, 6.45) is 3.18. The van der Waals surface area contributed by atoms with E-state index in [9.17, 15) is 4.39 Å². The predicted octanol–water partition coefficient (Wildman–Crippen LogP) is 1.82. The summed E-state index contributed by atoms with van der Waals surface area (Å²) >= 11 is 0. The predicted molar refractivity (Wildman–Crippen MR) is 69.6 cm³/mol. The Balaban J connectivity index is 1.72. The van der Waals surface area contributed by atoms with E-state index in [-0.39, 0.29) is 19.0 Å². The van der Waals surface area contributed by atoms with E-state index in [1.54, 1.807) is 6.07 Å². The number of ether oxygens (including phenoxy) is 1. The molecule has 0 atom stereocenters. The number of aliphatic hydroxyl groups is 1.